The highest BCUT2D eigenvalue weighted by Gasteiger charge is 2.40. The Morgan fingerprint density at radius 3 is 2.28 bits per heavy atom. The van der Waals surface area contributed by atoms with Gasteiger partial charge in [0, 0.05) is 17.8 Å². The fourth-order valence-electron chi connectivity index (χ4n) is 3.85. The molecule has 5 heteroatoms. The van der Waals surface area contributed by atoms with Gasteiger partial charge >= 0.3 is 0 Å². The van der Waals surface area contributed by atoms with Crippen LogP contribution in [0.15, 0.2) is 78.5 Å². The van der Waals surface area contributed by atoms with Gasteiger partial charge in [-0.25, -0.2) is 0 Å². The summed E-state index contributed by atoms with van der Waals surface area (Å²) in [4.78, 5) is 28.2. The first-order valence-corrected chi connectivity index (χ1v) is 10.6. The van der Waals surface area contributed by atoms with Gasteiger partial charge in [-0.05, 0) is 55.2 Å². The minimum absolute atomic E-state index is 0.274. The minimum atomic E-state index is -0.329. The van der Waals surface area contributed by atoms with Gasteiger partial charge < -0.3 is 10.1 Å². The molecule has 32 heavy (non-hydrogen) atoms. The predicted molar refractivity (Wildman–Crippen MR) is 126 cm³/mol. The summed E-state index contributed by atoms with van der Waals surface area (Å²) in [6.45, 7) is 4.36. The summed E-state index contributed by atoms with van der Waals surface area (Å²) >= 11 is 0. The van der Waals surface area contributed by atoms with Gasteiger partial charge in [0.25, 0.3) is 11.8 Å². The second kappa shape index (κ2) is 9.10. The normalized spacial score (nSPS) is 13.7. The molecule has 1 aliphatic heterocycles. The van der Waals surface area contributed by atoms with Crippen molar-refractivity contribution in [3.05, 3.63) is 101 Å². The third-order valence-electron chi connectivity index (χ3n) is 5.79. The van der Waals surface area contributed by atoms with Crippen molar-refractivity contribution in [1.82, 2.24) is 4.90 Å². The maximum Gasteiger partial charge on any atom is 0.278 e. The van der Waals surface area contributed by atoms with Crippen molar-refractivity contribution in [2.45, 2.75) is 20.3 Å². The van der Waals surface area contributed by atoms with Crippen LogP contribution >= 0.6 is 0 Å². The average molecular weight is 427 g/mol. The second-order valence-corrected chi connectivity index (χ2v) is 7.87. The Labute approximate surface area is 188 Å². The Morgan fingerprint density at radius 1 is 0.844 bits per heavy atom. The largest absolute Gasteiger partial charge is 0.496 e. The molecule has 4 rings (SSSR count). The predicted octanol–water partition coefficient (Wildman–Crippen LogP) is 4.75. The number of anilines is 1. The molecule has 0 unspecified atom stereocenters. The van der Waals surface area contributed by atoms with Crippen LogP contribution in [-0.2, 0) is 16.0 Å². The van der Waals surface area contributed by atoms with Crippen LogP contribution in [0, 0.1) is 13.8 Å². The number of carbonyl (C=O) groups is 2. The molecular formula is C27H26N2O3. The van der Waals surface area contributed by atoms with Crippen molar-refractivity contribution < 1.29 is 14.3 Å². The molecule has 3 aromatic rings. The van der Waals surface area contributed by atoms with Crippen LogP contribution in [0.3, 0.4) is 0 Å². The molecule has 1 N–H and O–H groups in total. The first-order valence-electron chi connectivity index (χ1n) is 10.6. The lowest BCUT2D eigenvalue weighted by atomic mass is 10.0. The van der Waals surface area contributed by atoms with E-state index in [1.165, 1.54) is 4.90 Å². The maximum absolute atomic E-state index is 13.5. The number of nitrogens with one attached hydrogen (secondary N) is 1. The van der Waals surface area contributed by atoms with Gasteiger partial charge in [-0.1, -0.05) is 54.6 Å². The number of benzene rings is 3. The first-order chi connectivity index (χ1) is 15.5. The van der Waals surface area contributed by atoms with Crippen molar-refractivity contribution in [2.24, 2.45) is 0 Å². The second-order valence-electron chi connectivity index (χ2n) is 7.87. The van der Waals surface area contributed by atoms with E-state index in [1.807, 2.05) is 80.6 Å². The zero-order valence-corrected chi connectivity index (χ0v) is 18.5. The molecule has 0 saturated heterocycles. The molecule has 0 radical (unpaired) electrons. The first kappa shape index (κ1) is 21.4. The van der Waals surface area contributed by atoms with E-state index >= 15 is 0 Å². The summed E-state index contributed by atoms with van der Waals surface area (Å²) in [5, 5.41) is 3.23. The highest BCUT2D eigenvalue weighted by molar-refractivity contribution is 6.37. The van der Waals surface area contributed by atoms with E-state index in [2.05, 4.69) is 5.32 Å². The molecular weight excluding hydrogens is 400 g/mol. The topological polar surface area (TPSA) is 58.6 Å². The van der Waals surface area contributed by atoms with Crippen LogP contribution in [0.1, 0.15) is 22.3 Å². The number of nitrogens with zero attached hydrogens (tertiary/aromatic N) is 1. The van der Waals surface area contributed by atoms with E-state index in [4.69, 9.17) is 4.74 Å². The number of hydrogen-bond acceptors (Lipinski definition) is 4. The number of rotatable bonds is 7. The van der Waals surface area contributed by atoms with E-state index in [9.17, 15) is 9.59 Å². The summed E-state index contributed by atoms with van der Waals surface area (Å²) in [5.74, 6) is -0.0974. The van der Waals surface area contributed by atoms with E-state index in [-0.39, 0.29) is 17.5 Å². The van der Waals surface area contributed by atoms with Crippen molar-refractivity contribution in [1.29, 1.82) is 0 Å². The molecule has 0 fully saturated rings. The maximum atomic E-state index is 13.5. The highest BCUT2D eigenvalue weighted by Crippen LogP contribution is 2.35. The quantitative estimate of drug-likeness (QED) is 0.554. The van der Waals surface area contributed by atoms with Crippen LogP contribution < -0.4 is 10.1 Å². The Morgan fingerprint density at radius 2 is 1.56 bits per heavy atom. The molecule has 5 nitrogen and oxygen atoms in total. The van der Waals surface area contributed by atoms with E-state index in [1.54, 1.807) is 13.2 Å². The van der Waals surface area contributed by atoms with E-state index in [0.717, 1.165) is 22.4 Å². The van der Waals surface area contributed by atoms with Crippen molar-refractivity contribution in [2.75, 3.05) is 19.0 Å². The number of methoxy groups -OCH3 is 1. The molecule has 0 bridgehead atoms. The summed E-state index contributed by atoms with van der Waals surface area (Å²) in [6.07, 6.45) is 0.592. The molecule has 0 aliphatic carbocycles. The number of carbonyl (C=O) groups excluding carboxylic acids is 2. The Kier molecular flexibility index (Phi) is 6.08. The number of imide groups is 1. The lowest BCUT2D eigenvalue weighted by Crippen LogP contribution is -2.34. The van der Waals surface area contributed by atoms with Gasteiger partial charge in [-0.3, -0.25) is 14.5 Å². The van der Waals surface area contributed by atoms with E-state index < -0.39 is 0 Å². The van der Waals surface area contributed by atoms with Crippen LogP contribution in [0.2, 0.25) is 0 Å². The third-order valence-corrected chi connectivity index (χ3v) is 5.79. The molecule has 2 amide bonds. The zero-order chi connectivity index (χ0) is 22.7. The summed E-state index contributed by atoms with van der Waals surface area (Å²) in [5.41, 5.74) is 5.31. The molecule has 162 valence electrons. The molecule has 3 aromatic carbocycles. The van der Waals surface area contributed by atoms with E-state index in [0.29, 0.717) is 29.9 Å². The zero-order valence-electron chi connectivity index (χ0n) is 18.5. The molecule has 0 atom stereocenters. The standard InChI is InChI=1S/C27H26N2O3/c1-18-13-14-21(17-19(18)2)28-25-24(22-11-7-8-12-23(22)32-3)26(30)29(27(25)31)16-15-20-9-5-4-6-10-20/h4-14,17,28H,15-16H2,1-3H3. The van der Waals surface area contributed by atoms with Crippen LogP contribution in [0.25, 0.3) is 5.57 Å². The highest BCUT2D eigenvalue weighted by atomic mass is 16.5. The monoisotopic (exact) mass is 426 g/mol. The summed E-state index contributed by atoms with van der Waals surface area (Å²) in [6, 6.07) is 23.0. The third kappa shape index (κ3) is 4.14. The number of para-hydroxylation sites is 1. The number of amides is 2. The van der Waals surface area contributed by atoms with Gasteiger partial charge in [-0.15, -0.1) is 0 Å². The number of hydrogen-bond donors (Lipinski definition) is 1. The molecule has 1 heterocycles. The SMILES string of the molecule is COc1ccccc1C1=C(Nc2ccc(C)c(C)c2)C(=O)N(CCc2ccccc2)C1=O. The number of aryl methyl sites for hydroxylation is 2. The van der Waals surface area contributed by atoms with Gasteiger partial charge in [0.05, 0.1) is 12.7 Å². The molecule has 0 aromatic heterocycles. The fourth-order valence-corrected chi connectivity index (χ4v) is 3.85. The Hall–Kier alpha value is -3.86. The smallest absolute Gasteiger partial charge is 0.278 e. The summed E-state index contributed by atoms with van der Waals surface area (Å²) in [7, 11) is 1.56. The summed E-state index contributed by atoms with van der Waals surface area (Å²) < 4.78 is 5.50. The van der Waals surface area contributed by atoms with Gasteiger partial charge in [0.2, 0.25) is 0 Å². The van der Waals surface area contributed by atoms with Gasteiger partial charge in [-0.2, -0.15) is 0 Å². The van der Waals surface area contributed by atoms with Crippen molar-refractivity contribution in [3.8, 4) is 5.75 Å². The molecule has 0 spiro atoms. The molecule has 1 aliphatic rings. The minimum Gasteiger partial charge on any atom is -0.496 e. The van der Waals surface area contributed by atoms with Crippen LogP contribution in [-0.4, -0.2) is 30.4 Å². The molecule has 0 saturated carbocycles. The van der Waals surface area contributed by atoms with Crippen molar-refractivity contribution in [3.63, 3.8) is 0 Å². The lowest BCUT2D eigenvalue weighted by Gasteiger charge is -2.15. The Balaban J connectivity index is 1.72. The average Bonchev–Trinajstić information content (AvgIpc) is 3.04. The van der Waals surface area contributed by atoms with Gasteiger partial charge in [0.1, 0.15) is 11.4 Å². The number of ether oxygens (including phenoxy) is 1. The van der Waals surface area contributed by atoms with Crippen molar-refractivity contribution >= 4 is 23.1 Å². The Bertz CT molecular complexity index is 1200. The lowest BCUT2D eigenvalue weighted by molar-refractivity contribution is -0.136. The fraction of sp³-hybridized carbons (Fsp3) is 0.185. The van der Waals surface area contributed by atoms with Gasteiger partial charge in [0.15, 0.2) is 0 Å². The van der Waals surface area contributed by atoms with Crippen LogP contribution in [0.5, 0.6) is 5.75 Å². The van der Waals surface area contributed by atoms with Crippen LogP contribution in [0.4, 0.5) is 5.69 Å².